The molecule has 47 heavy (non-hydrogen) atoms. The summed E-state index contributed by atoms with van der Waals surface area (Å²) in [5.41, 5.74) is 14.5. The molecule has 0 radical (unpaired) electrons. The van der Waals surface area contributed by atoms with Gasteiger partial charge in [-0.1, -0.05) is 146 Å². The molecule has 0 fully saturated rings. The molecule has 1 heterocycles. The van der Waals surface area contributed by atoms with Crippen molar-refractivity contribution in [1.82, 2.24) is 9.55 Å². The van der Waals surface area contributed by atoms with E-state index in [9.17, 15) is 0 Å². The SMILES string of the molecule is c1ccc(-n2c(-c3ccc(-c4c5ccccc5c5c6c(cccc46)-c4ccccc4-c4ccccc4-5)cc3)nc3ccccc32)cc1. The second kappa shape index (κ2) is 10.1. The number of fused-ring (bicyclic) bond motifs is 8. The summed E-state index contributed by atoms with van der Waals surface area (Å²) < 4.78 is 2.26. The quantitative estimate of drug-likeness (QED) is 0.186. The molecule has 10 rings (SSSR count). The van der Waals surface area contributed by atoms with Crippen LogP contribution in [0.5, 0.6) is 0 Å². The highest BCUT2D eigenvalue weighted by molar-refractivity contribution is 6.27. The minimum absolute atomic E-state index is 0.940. The Morgan fingerprint density at radius 2 is 0.894 bits per heavy atom. The lowest BCUT2D eigenvalue weighted by Gasteiger charge is -2.19. The van der Waals surface area contributed by atoms with Crippen LogP contribution in [0.3, 0.4) is 0 Å². The van der Waals surface area contributed by atoms with E-state index in [0.29, 0.717) is 0 Å². The molecule has 0 amide bonds. The maximum Gasteiger partial charge on any atom is 0.145 e. The van der Waals surface area contributed by atoms with Gasteiger partial charge in [-0.15, -0.1) is 0 Å². The molecule has 1 aliphatic rings. The highest BCUT2D eigenvalue weighted by Crippen LogP contribution is 2.52. The fourth-order valence-electron chi connectivity index (χ4n) is 7.78. The van der Waals surface area contributed by atoms with Gasteiger partial charge in [0.25, 0.3) is 0 Å². The van der Waals surface area contributed by atoms with Crippen molar-refractivity contribution < 1.29 is 0 Å². The van der Waals surface area contributed by atoms with Crippen molar-refractivity contribution in [2.45, 2.75) is 0 Å². The molecule has 0 saturated heterocycles. The fourth-order valence-corrected chi connectivity index (χ4v) is 7.78. The van der Waals surface area contributed by atoms with E-state index in [1.165, 1.54) is 66.1 Å². The van der Waals surface area contributed by atoms with Gasteiger partial charge in [0, 0.05) is 11.3 Å². The summed E-state index contributed by atoms with van der Waals surface area (Å²) in [5.74, 6) is 0.940. The van der Waals surface area contributed by atoms with Gasteiger partial charge in [-0.05, 0) is 90.3 Å². The maximum atomic E-state index is 5.12. The van der Waals surface area contributed by atoms with Crippen molar-refractivity contribution in [1.29, 1.82) is 0 Å². The van der Waals surface area contributed by atoms with Gasteiger partial charge in [-0.25, -0.2) is 4.98 Å². The number of hydrogen-bond donors (Lipinski definition) is 0. The van der Waals surface area contributed by atoms with Crippen LogP contribution in [0.2, 0.25) is 0 Å². The summed E-state index contributed by atoms with van der Waals surface area (Å²) >= 11 is 0. The average Bonchev–Trinajstić information content (AvgIpc) is 3.48. The molecular weight excluding hydrogens is 569 g/mol. The topological polar surface area (TPSA) is 17.8 Å². The molecule has 0 aliphatic heterocycles. The second-order valence-electron chi connectivity index (χ2n) is 12.3. The number of benzene rings is 8. The number of nitrogens with zero attached hydrogens (tertiary/aromatic N) is 2. The zero-order valence-corrected chi connectivity index (χ0v) is 25.6. The molecule has 0 atom stereocenters. The Bertz CT molecular complexity index is 2660. The van der Waals surface area contributed by atoms with Crippen molar-refractivity contribution in [3.05, 3.63) is 170 Å². The lowest BCUT2D eigenvalue weighted by Crippen LogP contribution is -1.97. The Morgan fingerprint density at radius 3 is 1.66 bits per heavy atom. The Balaban J connectivity index is 1.24. The smallest absolute Gasteiger partial charge is 0.145 e. The lowest BCUT2D eigenvalue weighted by atomic mass is 9.84. The van der Waals surface area contributed by atoms with E-state index >= 15 is 0 Å². The Hall–Kier alpha value is -6.25. The average molecular weight is 597 g/mol. The number of hydrogen-bond acceptors (Lipinski definition) is 1. The van der Waals surface area contributed by atoms with Crippen LogP contribution in [0, 0.1) is 0 Å². The number of aromatic nitrogens is 2. The summed E-state index contributed by atoms with van der Waals surface area (Å²) in [4.78, 5) is 5.12. The van der Waals surface area contributed by atoms with Gasteiger partial charge >= 0.3 is 0 Å². The van der Waals surface area contributed by atoms with E-state index < -0.39 is 0 Å². The van der Waals surface area contributed by atoms with Crippen molar-refractivity contribution in [2.24, 2.45) is 0 Å². The molecule has 0 unspecified atom stereocenters. The van der Waals surface area contributed by atoms with Crippen LogP contribution < -0.4 is 0 Å². The summed E-state index contributed by atoms with van der Waals surface area (Å²) in [6, 6.07) is 61.4. The van der Waals surface area contributed by atoms with E-state index in [1.807, 2.05) is 0 Å². The van der Waals surface area contributed by atoms with Gasteiger partial charge in [0.05, 0.1) is 11.0 Å². The highest BCUT2D eigenvalue weighted by Gasteiger charge is 2.25. The number of imidazole rings is 1. The van der Waals surface area contributed by atoms with Crippen LogP contribution in [-0.2, 0) is 0 Å². The van der Waals surface area contributed by atoms with Crippen LogP contribution in [-0.4, -0.2) is 9.55 Å². The number of para-hydroxylation sites is 3. The van der Waals surface area contributed by atoms with E-state index in [-0.39, 0.29) is 0 Å². The molecule has 1 aromatic heterocycles. The third-order valence-corrected chi connectivity index (χ3v) is 9.76. The molecule has 1 aliphatic carbocycles. The first-order valence-corrected chi connectivity index (χ1v) is 16.2. The summed E-state index contributed by atoms with van der Waals surface area (Å²) in [6.07, 6.45) is 0. The van der Waals surface area contributed by atoms with E-state index in [2.05, 4.69) is 174 Å². The van der Waals surface area contributed by atoms with Gasteiger partial charge < -0.3 is 0 Å². The molecule has 218 valence electrons. The fraction of sp³-hybridized carbons (Fsp3) is 0. The number of rotatable bonds is 3. The normalized spacial score (nSPS) is 11.8. The van der Waals surface area contributed by atoms with Crippen LogP contribution in [0.15, 0.2) is 170 Å². The predicted octanol–water partition coefficient (Wildman–Crippen LogP) is 12.0. The Kier molecular flexibility index (Phi) is 5.61. The molecular formula is C45H28N2. The highest BCUT2D eigenvalue weighted by atomic mass is 15.1. The zero-order chi connectivity index (χ0) is 30.9. The monoisotopic (exact) mass is 596 g/mol. The van der Waals surface area contributed by atoms with Crippen molar-refractivity contribution in [3.63, 3.8) is 0 Å². The van der Waals surface area contributed by atoms with E-state index in [4.69, 9.17) is 4.98 Å². The van der Waals surface area contributed by atoms with Crippen LogP contribution in [0.1, 0.15) is 0 Å². The molecule has 0 spiro atoms. The molecule has 2 nitrogen and oxygen atoms in total. The first kappa shape index (κ1) is 26.0. The Labute approximate surface area is 272 Å². The molecule has 9 aromatic rings. The van der Waals surface area contributed by atoms with Crippen molar-refractivity contribution in [3.8, 4) is 61.6 Å². The predicted molar refractivity (Wildman–Crippen MR) is 197 cm³/mol. The summed E-state index contributed by atoms with van der Waals surface area (Å²) in [5, 5.41) is 5.12. The van der Waals surface area contributed by atoms with Crippen LogP contribution in [0.4, 0.5) is 0 Å². The first-order chi connectivity index (χ1) is 23.3. The van der Waals surface area contributed by atoms with Gasteiger partial charge in [-0.2, -0.15) is 0 Å². The molecule has 0 saturated carbocycles. The maximum absolute atomic E-state index is 5.12. The van der Waals surface area contributed by atoms with Gasteiger partial charge in [0.15, 0.2) is 0 Å². The largest absolute Gasteiger partial charge is 0.292 e. The van der Waals surface area contributed by atoms with Crippen molar-refractivity contribution >= 4 is 32.6 Å². The third-order valence-electron chi connectivity index (χ3n) is 9.76. The lowest BCUT2D eigenvalue weighted by molar-refractivity contribution is 1.10. The van der Waals surface area contributed by atoms with Gasteiger partial charge in [-0.3, -0.25) is 4.57 Å². The third kappa shape index (κ3) is 3.82. The standard InChI is InChI=1S/C45H28N2/c1-2-13-31(14-3-1)47-41-24-11-10-23-40(41)46-45(47)30-27-25-29(26-28-30)42-37-19-8-9-20-38(37)43-35-18-7-6-17-33(35)32-15-4-5-16-34(32)36-21-12-22-39(42)44(36)43/h1-28H. The van der Waals surface area contributed by atoms with Gasteiger partial charge in [0.2, 0.25) is 0 Å². The summed E-state index contributed by atoms with van der Waals surface area (Å²) in [7, 11) is 0. The zero-order valence-electron chi connectivity index (χ0n) is 25.6. The minimum Gasteiger partial charge on any atom is -0.292 e. The van der Waals surface area contributed by atoms with Crippen LogP contribution in [0.25, 0.3) is 94.2 Å². The van der Waals surface area contributed by atoms with Crippen LogP contribution >= 0.6 is 0 Å². The molecule has 0 bridgehead atoms. The van der Waals surface area contributed by atoms with E-state index in [0.717, 1.165) is 28.1 Å². The first-order valence-electron chi connectivity index (χ1n) is 16.2. The Morgan fingerprint density at radius 1 is 0.362 bits per heavy atom. The molecule has 0 N–H and O–H groups in total. The minimum atomic E-state index is 0.940. The molecule has 8 aromatic carbocycles. The summed E-state index contributed by atoms with van der Waals surface area (Å²) in [6.45, 7) is 0. The van der Waals surface area contributed by atoms with Gasteiger partial charge in [0.1, 0.15) is 5.82 Å². The van der Waals surface area contributed by atoms with Crippen molar-refractivity contribution in [2.75, 3.05) is 0 Å². The molecule has 2 heteroatoms. The van der Waals surface area contributed by atoms with E-state index in [1.54, 1.807) is 0 Å². The second-order valence-corrected chi connectivity index (χ2v) is 12.3.